The molecule has 0 aliphatic rings. The number of furan rings is 1. The Morgan fingerprint density at radius 2 is 1.82 bits per heavy atom. The molecule has 0 spiro atoms. The number of benzene rings is 2. The van der Waals surface area contributed by atoms with Gasteiger partial charge in [-0.25, -0.2) is 9.97 Å². The Labute approximate surface area is 186 Å². The minimum atomic E-state index is -4.75. The van der Waals surface area contributed by atoms with Crippen LogP contribution in [0.3, 0.4) is 0 Å². The van der Waals surface area contributed by atoms with Crippen LogP contribution in [0.4, 0.5) is 24.7 Å². The fraction of sp³-hybridized carbons (Fsp3) is 0.0870. The van der Waals surface area contributed by atoms with Crippen molar-refractivity contribution in [2.24, 2.45) is 0 Å². The Morgan fingerprint density at radius 3 is 2.55 bits per heavy atom. The zero-order valence-electron chi connectivity index (χ0n) is 17.0. The van der Waals surface area contributed by atoms with Crippen LogP contribution >= 0.6 is 0 Å². The number of hydrogen-bond acceptors (Lipinski definition) is 6. The molecular formula is C23H17F3N4O3. The fourth-order valence-electron chi connectivity index (χ4n) is 2.97. The molecule has 168 valence electrons. The first-order valence-corrected chi connectivity index (χ1v) is 9.72. The first kappa shape index (κ1) is 21.9. The molecule has 0 unspecified atom stereocenters. The lowest BCUT2D eigenvalue weighted by Crippen LogP contribution is -2.22. The number of alkyl halides is 3. The summed E-state index contributed by atoms with van der Waals surface area (Å²) < 4.78 is 46.0. The Hall–Kier alpha value is -4.34. The van der Waals surface area contributed by atoms with E-state index in [-0.39, 0.29) is 18.2 Å². The summed E-state index contributed by atoms with van der Waals surface area (Å²) in [6, 6.07) is 17.4. The maximum absolute atomic E-state index is 12.5. The van der Waals surface area contributed by atoms with Gasteiger partial charge in [0, 0.05) is 22.9 Å². The summed E-state index contributed by atoms with van der Waals surface area (Å²) in [7, 11) is 0. The van der Waals surface area contributed by atoms with Crippen LogP contribution in [0.2, 0.25) is 0 Å². The molecular weight excluding hydrogens is 437 g/mol. The van der Waals surface area contributed by atoms with Gasteiger partial charge in [0.2, 0.25) is 0 Å². The number of aromatic nitrogens is 2. The maximum atomic E-state index is 12.5. The van der Waals surface area contributed by atoms with Gasteiger partial charge in [-0.2, -0.15) is 0 Å². The van der Waals surface area contributed by atoms with Gasteiger partial charge in [-0.1, -0.05) is 12.1 Å². The maximum Gasteiger partial charge on any atom is 0.573 e. The summed E-state index contributed by atoms with van der Waals surface area (Å²) in [4.78, 5) is 20.9. The highest BCUT2D eigenvalue weighted by Crippen LogP contribution is 2.26. The van der Waals surface area contributed by atoms with E-state index in [9.17, 15) is 18.0 Å². The lowest BCUT2D eigenvalue weighted by atomic mass is 10.1. The van der Waals surface area contributed by atoms with Crippen LogP contribution in [0.15, 0.2) is 83.7 Å². The van der Waals surface area contributed by atoms with Crippen LogP contribution in [0, 0.1) is 0 Å². The number of nitrogens with one attached hydrogen (secondary N) is 2. The minimum Gasteiger partial charge on any atom is -0.467 e. The second-order valence-electron chi connectivity index (χ2n) is 6.83. The van der Waals surface area contributed by atoms with E-state index in [4.69, 9.17) is 4.42 Å². The average Bonchev–Trinajstić information content (AvgIpc) is 3.32. The van der Waals surface area contributed by atoms with Gasteiger partial charge in [-0.3, -0.25) is 4.79 Å². The van der Waals surface area contributed by atoms with Crippen molar-refractivity contribution in [3.8, 4) is 17.0 Å². The summed E-state index contributed by atoms with van der Waals surface area (Å²) >= 11 is 0. The molecule has 0 aliphatic carbocycles. The zero-order valence-corrected chi connectivity index (χ0v) is 17.0. The molecule has 0 bridgehead atoms. The van der Waals surface area contributed by atoms with Gasteiger partial charge in [0.1, 0.15) is 23.7 Å². The summed E-state index contributed by atoms with van der Waals surface area (Å²) in [5.74, 6) is 0.488. The topological polar surface area (TPSA) is 89.3 Å². The highest BCUT2D eigenvalue weighted by atomic mass is 19.4. The fourth-order valence-corrected chi connectivity index (χ4v) is 2.97. The van der Waals surface area contributed by atoms with Crippen LogP contribution in [-0.2, 0) is 6.54 Å². The van der Waals surface area contributed by atoms with E-state index < -0.39 is 6.36 Å². The Morgan fingerprint density at radius 1 is 1.00 bits per heavy atom. The smallest absolute Gasteiger partial charge is 0.467 e. The SMILES string of the molecule is O=C(NCc1ccco1)c1cccc(-c2cc(Nc3ccc(OC(F)(F)F)cc3)ncn2)c1. The van der Waals surface area contributed by atoms with Crippen LogP contribution < -0.4 is 15.4 Å². The number of carbonyl (C=O) groups excluding carboxylic acids is 1. The summed E-state index contributed by atoms with van der Waals surface area (Å²) in [5.41, 5.74) is 2.22. The Kier molecular flexibility index (Phi) is 6.25. The van der Waals surface area contributed by atoms with Crippen LogP contribution in [-0.4, -0.2) is 22.2 Å². The van der Waals surface area contributed by atoms with Crippen molar-refractivity contribution in [1.82, 2.24) is 15.3 Å². The summed E-state index contributed by atoms with van der Waals surface area (Å²) in [6.45, 7) is 0.268. The third-order valence-electron chi connectivity index (χ3n) is 4.45. The van der Waals surface area contributed by atoms with Crippen molar-refractivity contribution in [3.05, 3.63) is 90.6 Å². The molecule has 0 fully saturated rings. The van der Waals surface area contributed by atoms with E-state index >= 15 is 0 Å². The predicted octanol–water partition coefficient (Wildman–Crippen LogP) is 5.31. The zero-order chi connectivity index (χ0) is 23.3. The van der Waals surface area contributed by atoms with Crippen molar-refractivity contribution in [3.63, 3.8) is 0 Å². The molecule has 0 radical (unpaired) electrons. The molecule has 7 nitrogen and oxygen atoms in total. The predicted molar refractivity (Wildman–Crippen MR) is 114 cm³/mol. The lowest BCUT2D eigenvalue weighted by molar-refractivity contribution is -0.274. The van der Waals surface area contributed by atoms with Gasteiger partial charge in [-0.05, 0) is 48.5 Å². The molecule has 33 heavy (non-hydrogen) atoms. The molecule has 4 aromatic rings. The number of rotatable bonds is 7. The highest BCUT2D eigenvalue weighted by molar-refractivity contribution is 5.95. The van der Waals surface area contributed by atoms with Crippen molar-refractivity contribution >= 4 is 17.4 Å². The van der Waals surface area contributed by atoms with E-state index in [1.807, 2.05) is 0 Å². The van der Waals surface area contributed by atoms with Crippen LogP contribution in [0.1, 0.15) is 16.1 Å². The van der Waals surface area contributed by atoms with Crippen molar-refractivity contribution < 1.29 is 27.1 Å². The largest absolute Gasteiger partial charge is 0.573 e. The third kappa shape index (κ3) is 6.10. The molecule has 2 aromatic heterocycles. The number of carbonyl (C=O) groups is 1. The van der Waals surface area contributed by atoms with Crippen LogP contribution in [0.25, 0.3) is 11.3 Å². The molecule has 0 aliphatic heterocycles. The summed E-state index contributed by atoms with van der Waals surface area (Å²) in [6.07, 6.45) is -1.86. The van der Waals surface area contributed by atoms with E-state index in [0.29, 0.717) is 34.1 Å². The second kappa shape index (κ2) is 9.43. The molecule has 0 saturated carbocycles. The van der Waals surface area contributed by atoms with Gasteiger partial charge >= 0.3 is 6.36 Å². The van der Waals surface area contributed by atoms with Gasteiger partial charge in [-0.15, -0.1) is 13.2 Å². The average molecular weight is 454 g/mol. The van der Waals surface area contributed by atoms with Gasteiger partial charge in [0.05, 0.1) is 18.5 Å². The molecule has 2 N–H and O–H groups in total. The number of halogens is 3. The molecule has 0 atom stereocenters. The number of anilines is 2. The highest BCUT2D eigenvalue weighted by Gasteiger charge is 2.30. The van der Waals surface area contributed by atoms with Crippen LogP contribution in [0.5, 0.6) is 5.75 Å². The molecule has 2 heterocycles. The van der Waals surface area contributed by atoms with Crippen molar-refractivity contribution in [2.45, 2.75) is 12.9 Å². The quantitative estimate of drug-likeness (QED) is 0.394. The van der Waals surface area contributed by atoms with Gasteiger partial charge in [0.15, 0.2) is 0 Å². The van der Waals surface area contributed by atoms with E-state index in [1.165, 1.54) is 36.9 Å². The number of amides is 1. The van der Waals surface area contributed by atoms with Gasteiger partial charge < -0.3 is 19.8 Å². The number of hydrogen-bond donors (Lipinski definition) is 2. The molecule has 0 saturated heterocycles. The Balaban J connectivity index is 1.45. The monoisotopic (exact) mass is 454 g/mol. The van der Waals surface area contributed by atoms with Crippen molar-refractivity contribution in [1.29, 1.82) is 0 Å². The van der Waals surface area contributed by atoms with E-state index in [2.05, 4.69) is 25.3 Å². The molecule has 4 rings (SSSR count). The first-order chi connectivity index (χ1) is 15.9. The Bertz CT molecular complexity index is 1230. The molecule has 1 amide bonds. The third-order valence-corrected chi connectivity index (χ3v) is 4.45. The minimum absolute atomic E-state index is 0.262. The normalized spacial score (nSPS) is 11.1. The second-order valence-corrected chi connectivity index (χ2v) is 6.83. The summed E-state index contributed by atoms with van der Waals surface area (Å²) in [5, 5.41) is 5.78. The molecule has 2 aromatic carbocycles. The van der Waals surface area contributed by atoms with E-state index in [0.717, 1.165) is 0 Å². The number of ether oxygens (including phenoxy) is 1. The van der Waals surface area contributed by atoms with Gasteiger partial charge in [0.25, 0.3) is 5.91 Å². The lowest BCUT2D eigenvalue weighted by Gasteiger charge is -2.11. The standard InChI is InChI=1S/C23H17F3N4O3/c24-23(25,26)33-18-8-6-17(7-9-18)30-21-12-20(28-14-29-21)15-3-1-4-16(11-15)22(31)27-13-19-5-2-10-32-19/h1-12,14H,13H2,(H,27,31)(H,28,29,30). The number of nitrogens with zero attached hydrogens (tertiary/aromatic N) is 2. The van der Waals surface area contributed by atoms with E-state index in [1.54, 1.807) is 42.5 Å². The first-order valence-electron chi connectivity index (χ1n) is 9.72. The molecule has 10 heteroatoms. The van der Waals surface area contributed by atoms with Crippen molar-refractivity contribution in [2.75, 3.05) is 5.32 Å².